The average molecular weight is 298 g/mol. The first-order valence-electron chi connectivity index (χ1n) is 4.88. The molecule has 1 N–H and O–H groups in total. The molecule has 0 radical (unpaired) electrons. The molecule has 0 fully saturated rings. The van der Waals surface area contributed by atoms with Crippen molar-refractivity contribution < 1.29 is 14.2 Å². The van der Waals surface area contributed by atoms with Gasteiger partial charge in [-0.2, -0.15) is 0 Å². The van der Waals surface area contributed by atoms with E-state index < -0.39 is 5.82 Å². The Balaban J connectivity index is 2.30. The molecule has 5 heteroatoms. The summed E-state index contributed by atoms with van der Waals surface area (Å²) in [4.78, 5) is 3.79. The molecule has 1 aromatic carbocycles. The Morgan fingerprint density at radius 1 is 1.35 bits per heavy atom. The lowest BCUT2D eigenvalue weighted by Gasteiger charge is -2.07. The van der Waals surface area contributed by atoms with Crippen LogP contribution in [-0.2, 0) is 6.61 Å². The number of hydrogen-bond acceptors (Lipinski definition) is 3. The van der Waals surface area contributed by atoms with E-state index in [4.69, 9.17) is 9.84 Å². The molecule has 0 saturated carbocycles. The highest BCUT2D eigenvalue weighted by Crippen LogP contribution is 2.26. The second kappa shape index (κ2) is 5.25. The minimum absolute atomic E-state index is 0.144. The molecule has 0 saturated heterocycles. The van der Waals surface area contributed by atoms with E-state index in [2.05, 4.69) is 20.9 Å². The fourth-order valence-corrected chi connectivity index (χ4v) is 1.68. The summed E-state index contributed by atoms with van der Waals surface area (Å²) < 4.78 is 19.8. The third kappa shape index (κ3) is 2.81. The van der Waals surface area contributed by atoms with Gasteiger partial charge in [0.25, 0.3) is 5.88 Å². The maximum absolute atomic E-state index is 13.7. The van der Waals surface area contributed by atoms with Gasteiger partial charge in [-0.1, -0.05) is 22.0 Å². The SMILES string of the molecule is OCc1ccnc(Oc2cccc(Br)c2)c1F. The van der Waals surface area contributed by atoms with Crippen molar-refractivity contribution in [1.82, 2.24) is 4.98 Å². The topological polar surface area (TPSA) is 42.4 Å². The van der Waals surface area contributed by atoms with Gasteiger partial charge in [0.1, 0.15) is 5.75 Å². The molecule has 2 rings (SSSR count). The molecule has 17 heavy (non-hydrogen) atoms. The Kier molecular flexibility index (Phi) is 3.71. The van der Waals surface area contributed by atoms with Crippen LogP contribution in [0.5, 0.6) is 11.6 Å². The molecule has 1 heterocycles. The number of rotatable bonds is 3. The van der Waals surface area contributed by atoms with Gasteiger partial charge in [-0.05, 0) is 24.3 Å². The number of aliphatic hydroxyl groups excluding tert-OH is 1. The van der Waals surface area contributed by atoms with Crippen LogP contribution in [0.3, 0.4) is 0 Å². The molecular formula is C12H9BrFNO2. The first-order valence-corrected chi connectivity index (χ1v) is 5.67. The maximum atomic E-state index is 13.7. The Bertz CT molecular complexity index is 534. The molecule has 0 atom stereocenters. The molecule has 0 unspecified atom stereocenters. The Morgan fingerprint density at radius 2 is 2.18 bits per heavy atom. The molecule has 3 nitrogen and oxygen atoms in total. The summed E-state index contributed by atoms with van der Waals surface area (Å²) in [5.41, 5.74) is 0.157. The lowest BCUT2D eigenvalue weighted by atomic mass is 10.2. The van der Waals surface area contributed by atoms with E-state index in [-0.39, 0.29) is 18.1 Å². The molecule has 0 aliphatic carbocycles. The van der Waals surface area contributed by atoms with Gasteiger partial charge in [0.15, 0.2) is 5.82 Å². The number of benzene rings is 1. The van der Waals surface area contributed by atoms with E-state index in [0.717, 1.165) is 4.47 Å². The number of pyridine rings is 1. The minimum atomic E-state index is -0.644. The Morgan fingerprint density at radius 3 is 2.88 bits per heavy atom. The van der Waals surface area contributed by atoms with Crippen LogP contribution in [0.2, 0.25) is 0 Å². The van der Waals surface area contributed by atoms with Crippen molar-refractivity contribution in [2.45, 2.75) is 6.61 Å². The van der Waals surface area contributed by atoms with Gasteiger partial charge >= 0.3 is 0 Å². The number of aliphatic hydroxyl groups is 1. The largest absolute Gasteiger partial charge is 0.436 e. The zero-order valence-corrected chi connectivity index (χ0v) is 10.3. The van der Waals surface area contributed by atoms with E-state index in [9.17, 15) is 4.39 Å². The smallest absolute Gasteiger partial charge is 0.256 e. The zero-order valence-electron chi connectivity index (χ0n) is 8.73. The van der Waals surface area contributed by atoms with Crippen LogP contribution in [0.4, 0.5) is 4.39 Å². The van der Waals surface area contributed by atoms with Crippen molar-refractivity contribution in [1.29, 1.82) is 0 Å². The van der Waals surface area contributed by atoms with Crippen LogP contribution in [0, 0.1) is 5.82 Å². The first kappa shape index (κ1) is 12.0. The quantitative estimate of drug-likeness (QED) is 0.945. The van der Waals surface area contributed by atoms with Crippen LogP contribution >= 0.6 is 15.9 Å². The number of nitrogens with zero attached hydrogens (tertiary/aromatic N) is 1. The lowest BCUT2D eigenvalue weighted by Crippen LogP contribution is -1.97. The van der Waals surface area contributed by atoms with E-state index >= 15 is 0 Å². The normalized spacial score (nSPS) is 10.3. The number of halogens is 2. The summed E-state index contributed by atoms with van der Waals surface area (Å²) in [7, 11) is 0. The van der Waals surface area contributed by atoms with Gasteiger partial charge in [-0.25, -0.2) is 9.37 Å². The molecule has 1 aromatic heterocycles. The maximum Gasteiger partial charge on any atom is 0.256 e. The molecular weight excluding hydrogens is 289 g/mol. The fourth-order valence-electron chi connectivity index (χ4n) is 1.30. The third-order valence-electron chi connectivity index (χ3n) is 2.12. The van der Waals surface area contributed by atoms with E-state index in [1.54, 1.807) is 18.2 Å². The predicted octanol–water partition coefficient (Wildman–Crippen LogP) is 3.27. The molecule has 0 amide bonds. The third-order valence-corrected chi connectivity index (χ3v) is 2.61. The summed E-state index contributed by atoms with van der Waals surface area (Å²) in [5, 5.41) is 8.92. The minimum Gasteiger partial charge on any atom is -0.436 e. The van der Waals surface area contributed by atoms with Crippen LogP contribution in [0.1, 0.15) is 5.56 Å². The first-order chi connectivity index (χ1) is 8.20. The summed E-state index contributed by atoms with van der Waals surface area (Å²) in [6.07, 6.45) is 1.39. The summed E-state index contributed by atoms with van der Waals surface area (Å²) in [5.74, 6) is -0.314. The predicted molar refractivity (Wildman–Crippen MR) is 64.3 cm³/mol. The second-order valence-corrected chi connectivity index (χ2v) is 4.22. The van der Waals surface area contributed by atoms with Crippen LogP contribution in [0.25, 0.3) is 0 Å². The van der Waals surface area contributed by atoms with Crippen molar-refractivity contribution in [2.24, 2.45) is 0 Å². The highest BCUT2D eigenvalue weighted by molar-refractivity contribution is 9.10. The zero-order chi connectivity index (χ0) is 12.3. The fraction of sp³-hybridized carbons (Fsp3) is 0.0833. The van der Waals surface area contributed by atoms with Crippen molar-refractivity contribution in [2.75, 3.05) is 0 Å². The van der Waals surface area contributed by atoms with Gasteiger partial charge in [-0.15, -0.1) is 0 Å². The van der Waals surface area contributed by atoms with Crippen LogP contribution in [0.15, 0.2) is 41.0 Å². The molecule has 0 aliphatic rings. The van der Waals surface area contributed by atoms with Gasteiger partial charge in [0.2, 0.25) is 0 Å². The molecule has 0 bridgehead atoms. The molecule has 88 valence electrons. The second-order valence-electron chi connectivity index (χ2n) is 3.31. The Labute approximate surface area is 106 Å². The van der Waals surface area contributed by atoms with Crippen molar-refractivity contribution in [3.05, 3.63) is 52.4 Å². The van der Waals surface area contributed by atoms with Gasteiger partial charge < -0.3 is 9.84 Å². The van der Waals surface area contributed by atoms with Gasteiger partial charge in [0, 0.05) is 16.2 Å². The number of aromatic nitrogens is 1. The average Bonchev–Trinajstić information content (AvgIpc) is 2.32. The van der Waals surface area contributed by atoms with Gasteiger partial charge in [0.05, 0.1) is 6.61 Å². The number of ether oxygens (including phenoxy) is 1. The molecule has 0 aliphatic heterocycles. The molecule has 0 spiro atoms. The van der Waals surface area contributed by atoms with E-state index in [1.807, 2.05) is 6.07 Å². The van der Waals surface area contributed by atoms with Crippen molar-refractivity contribution in [3.63, 3.8) is 0 Å². The summed E-state index contributed by atoms with van der Waals surface area (Å²) >= 11 is 3.29. The standard InChI is InChI=1S/C12H9BrFNO2/c13-9-2-1-3-10(6-9)17-12-11(14)8(7-16)4-5-15-12/h1-6,16H,7H2. The monoisotopic (exact) mass is 297 g/mol. The molecule has 2 aromatic rings. The van der Waals surface area contributed by atoms with Crippen LogP contribution < -0.4 is 4.74 Å². The summed E-state index contributed by atoms with van der Waals surface area (Å²) in [6.45, 7) is -0.386. The highest BCUT2D eigenvalue weighted by Gasteiger charge is 2.10. The van der Waals surface area contributed by atoms with Crippen molar-refractivity contribution >= 4 is 15.9 Å². The highest BCUT2D eigenvalue weighted by atomic mass is 79.9. The number of hydrogen-bond donors (Lipinski definition) is 1. The van der Waals surface area contributed by atoms with E-state index in [1.165, 1.54) is 12.3 Å². The lowest BCUT2D eigenvalue weighted by molar-refractivity contribution is 0.273. The van der Waals surface area contributed by atoms with Crippen molar-refractivity contribution in [3.8, 4) is 11.6 Å². The van der Waals surface area contributed by atoms with E-state index in [0.29, 0.717) is 5.75 Å². The Hall–Kier alpha value is -1.46. The summed E-state index contributed by atoms with van der Waals surface area (Å²) in [6, 6.07) is 8.40. The van der Waals surface area contributed by atoms with Gasteiger partial charge in [-0.3, -0.25) is 0 Å². The van der Waals surface area contributed by atoms with Crippen LogP contribution in [-0.4, -0.2) is 10.1 Å².